The van der Waals surface area contributed by atoms with Gasteiger partial charge in [-0.2, -0.15) is 0 Å². The molecule has 0 spiro atoms. The number of rotatable bonds is 4. The van der Waals surface area contributed by atoms with Gasteiger partial charge < -0.3 is 21.0 Å². The van der Waals surface area contributed by atoms with E-state index in [4.69, 9.17) is 27.9 Å². The van der Waals surface area contributed by atoms with E-state index < -0.39 is 11.9 Å². The predicted octanol–water partition coefficient (Wildman–Crippen LogP) is 1.18. The zero-order valence-electron chi connectivity index (χ0n) is 11.7. The van der Waals surface area contributed by atoms with E-state index in [9.17, 15) is 9.18 Å². The van der Waals surface area contributed by atoms with Gasteiger partial charge in [0.05, 0.1) is 29.3 Å². The van der Waals surface area contributed by atoms with Crippen LogP contribution >= 0.6 is 12.2 Å². The first-order chi connectivity index (χ1) is 10.4. The number of amides is 1. The Morgan fingerprint density at radius 3 is 3.00 bits per heavy atom. The van der Waals surface area contributed by atoms with Crippen LogP contribution in [0, 0.1) is 5.82 Å². The van der Waals surface area contributed by atoms with Crippen molar-refractivity contribution in [2.45, 2.75) is 13.0 Å². The summed E-state index contributed by atoms with van der Waals surface area (Å²) in [5, 5.41) is 14.2. The van der Waals surface area contributed by atoms with E-state index in [1.165, 1.54) is 17.0 Å². The quantitative estimate of drug-likeness (QED) is 0.253. The van der Waals surface area contributed by atoms with Crippen LogP contribution in [-0.4, -0.2) is 41.3 Å². The number of thiocarbonyl (C=S) groups is 1. The van der Waals surface area contributed by atoms with Gasteiger partial charge in [0.2, 0.25) is 0 Å². The molecule has 7 nitrogen and oxygen atoms in total. The van der Waals surface area contributed by atoms with Gasteiger partial charge in [-0.3, -0.25) is 4.90 Å². The lowest BCUT2D eigenvalue weighted by Crippen LogP contribution is -2.32. The monoisotopic (exact) mass is 326 g/mol. The van der Waals surface area contributed by atoms with Crippen molar-refractivity contribution < 1.29 is 19.1 Å². The normalized spacial score (nSPS) is 18.3. The van der Waals surface area contributed by atoms with E-state index in [1.807, 2.05) is 0 Å². The Labute approximate surface area is 131 Å². The van der Waals surface area contributed by atoms with Crippen LogP contribution in [0.1, 0.15) is 12.5 Å². The summed E-state index contributed by atoms with van der Waals surface area (Å²) in [7, 11) is 0. The van der Waals surface area contributed by atoms with E-state index in [1.54, 1.807) is 6.92 Å². The number of ether oxygens (including phenoxy) is 1. The van der Waals surface area contributed by atoms with Crippen LogP contribution in [0.4, 0.5) is 14.9 Å². The van der Waals surface area contributed by atoms with Crippen molar-refractivity contribution >= 4 is 34.8 Å². The van der Waals surface area contributed by atoms with Crippen molar-refractivity contribution in [3.63, 3.8) is 0 Å². The molecule has 1 aromatic carbocycles. The third-order valence-electron chi connectivity index (χ3n) is 3.10. The molecular formula is C13H15FN4O3S. The molecule has 4 N–H and O–H groups in total. The summed E-state index contributed by atoms with van der Waals surface area (Å²) in [6.45, 7) is 2.39. The Morgan fingerprint density at radius 2 is 2.41 bits per heavy atom. The molecule has 1 aliphatic heterocycles. The molecule has 1 unspecified atom stereocenters. The molecule has 1 saturated heterocycles. The number of benzene rings is 1. The fourth-order valence-corrected chi connectivity index (χ4v) is 2.11. The van der Waals surface area contributed by atoms with Gasteiger partial charge in [0.1, 0.15) is 11.9 Å². The van der Waals surface area contributed by atoms with Crippen LogP contribution in [0.5, 0.6) is 0 Å². The molecule has 1 aromatic rings. The number of hydrogen-bond acceptors (Lipinski definition) is 5. The maximum Gasteiger partial charge on any atom is 0.414 e. The van der Waals surface area contributed by atoms with Crippen molar-refractivity contribution in [1.82, 2.24) is 5.32 Å². The molecule has 1 amide bonds. The van der Waals surface area contributed by atoms with E-state index in [-0.39, 0.29) is 24.0 Å². The lowest BCUT2D eigenvalue weighted by Gasteiger charge is -2.14. The number of amidine groups is 1. The van der Waals surface area contributed by atoms with Crippen LogP contribution < -0.4 is 16.0 Å². The molecule has 0 bridgehead atoms. The summed E-state index contributed by atoms with van der Waals surface area (Å²) in [4.78, 5) is 13.8. The predicted molar refractivity (Wildman–Crippen MR) is 82.8 cm³/mol. The summed E-state index contributed by atoms with van der Waals surface area (Å²) in [6, 6.07) is 3.96. The number of oxime groups is 1. The number of cyclic esters (lactones) is 1. The maximum atomic E-state index is 13.9. The molecule has 1 heterocycles. The highest BCUT2D eigenvalue weighted by Crippen LogP contribution is 2.23. The molecule has 1 aliphatic rings. The van der Waals surface area contributed by atoms with Crippen molar-refractivity contribution in [2.75, 3.05) is 18.0 Å². The van der Waals surface area contributed by atoms with E-state index in [0.29, 0.717) is 17.2 Å². The number of nitrogens with one attached hydrogen (secondary N) is 1. The number of halogens is 1. The third kappa shape index (κ3) is 3.42. The minimum Gasteiger partial charge on any atom is -0.442 e. The molecule has 118 valence electrons. The SMILES string of the molecule is CC(=S)NCC1CN(c2ccc(/C(N)=N/O)c(F)c2)C(=O)O1. The number of carbonyl (C=O) groups is 1. The minimum absolute atomic E-state index is 0.0478. The maximum absolute atomic E-state index is 13.9. The standard InChI is InChI=1S/C13H15FN4O3S/c1-7(22)16-5-9-6-18(13(19)21-9)8-2-3-10(11(14)4-8)12(15)17-20/h2-4,9,20H,5-6H2,1H3,(H2,15,17)(H,16,22). The lowest BCUT2D eigenvalue weighted by atomic mass is 10.1. The number of nitrogens with zero attached hydrogens (tertiary/aromatic N) is 2. The number of carbonyl (C=O) groups excluding carboxylic acids is 1. The van der Waals surface area contributed by atoms with E-state index in [2.05, 4.69) is 10.5 Å². The number of nitrogens with two attached hydrogens (primary N) is 1. The summed E-state index contributed by atoms with van der Waals surface area (Å²) >= 11 is 4.89. The third-order valence-corrected chi connectivity index (χ3v) is 3.25. The molecular weight excluding hydrogens is 311 g/mol. The Hall–Kier alpha value is -2.42. The van der Waals surface area contributed by atoms with Gasteiger partial charge >= 0.3 is 6.09 Å². The topological polar surface area (TPSA) is 100 Å². The fraction of sp³-hybridized carbons (Fsp3) is 0.308. The highest BCUT2D eigenvalue weighted by Gasteiger charge is 2.32. The summed E-state index contributed by atoms with van der Waals surface area (Å²) in [6.07, 6.45) is -0.943. The Balaban J connectivity index is 2.13. The van der Waals surface area contributed by atoms with Gasteiger partial charge in [0.25, 0.3) is 0 Å². The summed E-state index contributed by atoms with van der Waals surface area (Å²) in [5.74, 6) is -1.04. The average molecular weight is 326 g/mol. The first kappa shape index (κ1) is 16.0. The van der Waals surface area contributed by atoms with Gasteiger partial charge in [-0.25, -0.2) is 9.18 Å². The van der Waals surface area contributed by atoms with Crippen molar-refractivity contribution in [2.24, 2.45) is 10.9 Å². The first-order valence-electron chi connectivity index (χ1n) is 6.42. The Bertz CT molecular complexity index is 638. The Kier molecular flexibility index (Phi) is 4.76. The molecule has 22 heavy (non-hydrogen) atoms. The number of anilines is 1. The molecule has 1 atom stereocenters. The van der Waals surface area contributed by atoms with Crippen molar-refractivity contribution in [3.05, 3.63) is 29.6 Å². The molecule has 2 rings (SSSR count). The van der Waals surface area contributed by atoms with Gasteiger partial charge in [-0.15, -0.1) is 0 Å². The van der Waals surface area contributed by atoms with Crippen LogP contribution in [0.2, 0.25) is 0 Å². The van der Waals surface area contributed by atoms with Crippen molar-refractivity contribution in [1.29, 1.82) is 0 Å². The van der Waals surface area contributed by atoms with Crippen LogP contribution in [-0.2, 0) is 4.74 Å². The van der Waals surface area contributed by atoms with Gasteiger partial charge in [-0.05, 0) is 25.1 Å². The van der Waals surface area contributed by atoms with Gasteiger partial charge in [0, 0.05) is 0 Å². The second kappa shape index (κ2) is 6.56. The second-order valence-corrected chi connectivity index (χ2v) is 5.32. The van der Waals surface area contributed by atoms with E-state index in [0.717, 1.165) is 6.07 Å². The largest absolute Gasteiger partial charge is 0.442 e. The minimum atomic E-state index is -0.697. The number of hydrogen-bond donors (Lipinski definition) is 3. The first-order valence-corrected chi connectivity index (χ1v) is 6.83. The van der Waals surface area contributed by atoms with Crippen molar-refractivity contribution in [3.8, 4) is 0 Å². The molecule has 0 aliphatic carbocycles. The smallest absolute Gasteiger partial charge is 0.414 e. The molecule has 0 saturated carbocycles. The Morgan fingerprint density at radius 1 is 1.68 bits per heavy atom. The zero-order valence-corrected chi connectivity index (χ0v) is 12.6. The molecule has 9 heteroatoms. The van der Waals surface area contributed by atoms with E-state index >= 15 is 0 Å². The molecule has 0 radical (unpaired) electrons. The summed E-state index contributed by atoms with van der Waals surface area (Å²) < 4.78 is 19.1. The van der Waals surface area contributed by atoms with Gasteiger partial charge in [-0.1, -0.05) is 17.4 Å². The van der Waals surface area contributed by atoms with Gasteiger partial charge in [0.15, 0.2) is 5.84 Å². The summed E-state index contributed by atoms with van der Waals surface area (Å²) in [5.41, 5.74) is 5.63. The molecule has 0 aromatic heterocycles. The second-order valence-electron chi connectivity index (χ2n) is 4.70. The lowest BCUT2D eigenvalue weighted by molar-refractivity contribution is 0.143. The average Bonchev–Trinajstić information content (AvgIpc) is 2.85. The fourth-order valence-electron chi connectivity index (χ4n) is 2.03. The highest BCUT2D eigenvalue weighted by atomic mass is 32.1. The van der Waals surface area contributed by atoms with Crippen LogP contribution in [0.25, 0.3) is 0 Å². The van der Waals surface area contributed by atoms with Crippen LogP contribution in [0.15, 0.2) is 23.4 Å². The highest BCUT2D eigenvalue weighted by molar-refractivity contribution is 7.80. The van der Waals surface area contributed by atoms with Crippen LogP contribution in [0.3, 0.4) is 0 Å². The molecule has 1 fully saturated rings. The zero-order chi connectivity index (χ0) is 16.3.